The lowest BCUT2D eigenvalue weighted by atomic mass is 10.1. The molecule has 0 saturated carbocycles. The molecular weight excluding hydrogens is 292 g/mol. The van der Waals surface area contributed by atoms with Crippen LogP contribution in [0, 0.1) is 5.92 Å². The van der Waals surface area contributed by atoms with Crippen molar-refractivity contribution in [3.63, 3.8) is 0 Å². The highest BCUT2D eigenvalue weighted by Gasteiger charge is 2.27. The van der Waals surface area contributed by atoms with E-state index in [9.17, 15) is 18.3 Å². The molecule has 0 radical (unpaired) electrons. The van der Waals surface area contributed by atoms with Crippen LogP contribution < -0.4 is 9.62 Å². The number of hydrogen-bond donors (Lipinski definition) is 2. The van der Waals surface area contributed by atoms with Crippen LogP contribution in [0.15, 0.2) is 23.1 Å². The smallest absolute Gasteiger partial charge is 0.240 e. The van der Waals surface area contributed by atoms with E-state index in [0.717, 1.165) is 5.69 Å². The molecule has 0 saturated heterocycles. The van der Waals surface area contributed by atoms with E-state index in [4.69, 9.17) is 0 Å². The zero-order valence-electron chi connectivity index (χ0n) is 12.3. The Kier molecular flexibility index (Phi) is 4.36. The van der Waals surface area contributed by atoms with E-state index < -0.39 is 16.1 Å². The van der Waals surface area contributed by atoms with E-state index in [2.05, 4.69) is 4.72 Å². The third-order valence-electron chi connectivity index (χ3n) is 3.75. The number of nitrogens with one attached hydrogen (secondary N) is 1. The number of amides is 1. The van der Waals surface area contributed by atoms with Crippen molar-refractivity contribution in [1.29, 1.82) is 0 Å². The molecule has 7 heteroatoms. The Morgan fingerprint density at radius 2 is 2.05 bits per heavy atom. The van der Waals surface area contributed by atoms with Crippen LogP contribution >= 0.6 is 0 Å². The molecule has 116 valence electrons. The lowest BCUT2D eigenvalue weighted by Crippen LogP contribution is -2.41. The van der Waals surface area contributed by atoms with Crippen molar-refractivity contribution in [1.82, 2.24) is 4.72 Å². The maximum atomic E-state index is 12.3. The minimum Gasteiger partial charge on any atom is -0.395 e. The number of nitrogens with zero attached hydrogens (tertiary/aromatic N) is 1. The Bertz CT molecular complexity index is 655. The molecule has 1 atom stereocenters. The van der Waals surface area contributed by atoms with E-state index in [0.29, 0.717) is 5.56 Å². The summed E-state index contributed by atoms with van der Waals surface area (Å²) in [7, 11) is -2.05. The summed E-state index contributed by atoms with van der Waals surface area (Å²) in [5, 5.41) is 9.25. The van der Waals surface area contributed by atoms with Gasteiger partial charge in [0, 0.05) is 18.8 Å². The monoisotopic (exact) mass is 312 g/mol. The van der Waals surface area contributed by atoms with Crippen LogP contribution in [-0.2, 0) is 21.2 Å². The molecule has 6 nitrogen and oxygen atoms in total. The van der Waals surface area contributed by atoms with E-state index in [1.807, 2.05) is 13.8 Å². The highest BCUT2D eigenvalue weighted by molar-refractivity contribution is 7.89. The van der Waals surface area contributed by atoms with Gasteiger partial charge in [-0.1, -0.05) is 13.8 Å². The summed E-state index contributed by atoms with van der Waals surface area (Å²) in [6.45, 7) is 3.41. The topological polar surface area (TPSA) is 86.7 Å². The Morgan fingerprint density at radius 3 is 2.62 bits per heavy atom. The zero-order valence-corrected chi connectivity index (χ0v) is 13.1. The SMILES string of the molecule is CC(C)[C@@H](CO)NS(=O)(=O)c1ccc2c(c1)CC(=O)N2C. The number of fused-ring (bicyclic) bond motifs is 1. The fourth-order valence-electron chi connectivity index (χ4n) is 2.27. The fraction of sp³-hybridized carbons (Fsp3) is 0.500. The normalized spacial score (nSPS) is 16.4. The minimum atomic E-state index is -3.71. The number of benzene rings is 1. The Hall–Kier alpha value is -1.44. The average molecular weight is 312 g/mol. The van der Waals surface area contributed by atoms with Crippen molar-refractivity contribution in [3.8, 4) is 0 Å². The van der Waals surface area contributed by atoms with Crippen molar-refractivity contribution >= 4 is 21.6 Å². The van der Waals surface area contributed by atoms with Gasteiger partial charge in [0.05, 0.1) is 17.9 Å². The van der Waals surface area contributed by atoms with Gasteiger partial charge in [0.15, 0.2) is 0 Å². The minimum absolute atomic E-state index is 0.0214. The van der Waals surface area contributed by atoms with Crippen molar-refractivity contribution in [3.05, 3.63) is 23.8 Å². The second-order valence-corrected chi connectivity index (χ2v) is 7.29. The van der Waals surface area contributed by atoms with Crippen molar-refractivity contribution in [2.45, 2.75) is 31.2 Å². The van der Waals surface area contributed by atoms with E-state index in [1.54, 1.807) is 13.1 Å². The summed E-state index contributed by atoms with van der Waals surface area (Å²) in [6, 6.07) is 4.10. The molecule has 21 heavy (non-hydrogen) atoms. The predicted molar refractivity (Wildman–Crippen MR) is 79.6 cm³/mol. The summed E-state index contributed by atoms with van der Waals surface area (Å²) in [4.78, 5) is 13.3. The second kappa shape index (κ2) is 5.75. The maximum Gasteiger partial charge on any atom is 0.240 e. The van der Waals surface area contributed by atoms with Crippen molar-refractivity contribution in [2.75, 3.05) is 18.6 Å². The van der Waals surface area contributed by atoms with Gasteiger partial charge in [0.1, 0.15) is 0 Å². The predicted octanol–water partition coefficient (Wildman–Crippen LogP) is 0.501. The van der Waals surface area contributed by atoms with Crippen LogP contribution in [0.2, 0.25) is 0 Å². The first kappa shape index (κ1) is 15.9. The molecule has 1 aliphatic rings. The lowest BCUT2D eigenvalue weighted by molar-refractivity contribution is -0.117. The van der Waals surface area contributed by atoms with Gasteiger partial charge in [0.2, 0.25) is 15.9 Å². The number of hydrogen-bond acceptors (Lipinski definition) is 4. The van der Waals surface area contributed by atoms with Gasteiger partial charge in [-0.3, -0.25) is 4.79 Å². The first-order valence-corrected chi connectivity index (χ1v) is 8.27. The van der Waals surface area contributed by atoms with E-state index in [-0.39, 0.29) is 29.7 Å². The number of carbonyl (C=O) groups excluding carboxylic acids is 1. The molecule has 1 aliphatic heterocycles. The van der Waals surface area contributed by atoms with Gasteiger partial charge < -0.3 is 10.0 Å². The summed E-state index contributed by atoms with van der Waals surface area (Å²) in [6.07, 6.45) is 0.211. The number of likely N-dealkylation sites (N-methyl/N-ethyl adjacent to an activating group) is 1. The number of carbonyl (C=O) groups is 1. The lowest BCUT2D eigenvalue weighted by Gasteiger charge is -2.20. The van der Waals surface area contributed by atoms with Gasteiger partial charge in [-0.25, -0.2) is 13.1 Å². The van der Waals surface area contributed by atoms with Gasteiger partial charge in [0.25, 0.3) is 0 Å². The maximum absolute atomic E-state index is 12.3. The standard InChI is InChI=1S/C14H20N2O4S/c1-9(2)12(8-17)15-21(19,20)11-4-5-13-10(6-11)7-14(18)16(13)3/h4-6,9,12,15,17H,7-8H2,1-3H3/t12-/m1/s1. The van der Waals surface area contributed by atoms with E-state index in [1.165, 1.54) is 17.0 Å². The molecule has 2 N–H and O–H groups in total. The molecule has 0 unspecified atom stereocenters. The molecular formula is C14H20N2O4S. The molecule has 1 aromatic carbocycles. The molecule has 0 fully saturated rings. The first-order chi connectivity index (χ1) is 9.76. The molecule has 0 bridgehead atoms. The van der Waals surface area contributed by atoms with Crippen LogP contribution in [0.5, 0.6) is 0 Å². The Balaban J connectivity index is 2.30. The van der Waals surface area contributed by atoms with Gasteiger partial charge in [-0.05, 0) is 29.7 Å². The summed E-state index contributed by atoms with van der Waals surface area (Å²) in [5.74, 6) is -0.0742. The Morgan fingerprint density at radius 1 is 1.38 bits per heavy atom. The number of aliphatic hydroxyl groups is 1. The number of sulfonamides is 1. The van der Waals surface area contributed by atoms with Crippen molar-refractivity contribution < 1.29 is 18.3 Å². The number of rotatable bonds is 5. The van der Waals surface area contributed by atoms with Crippen LogP contribution in [0.3, 0.4) is 0 Å². The largest absolute Gasteiger partial charge is 0.395 e. The molecule has 1 amide bonds. The van der Waals surface area contributed by atoms with E-state index >= 15 is 0 Å². The van der Waals surface area contributed by atoms with Crippen LogP contribution in [-0.4, -0.2) is 39.1 Å². The van der Waals surface area contributed by atoms with Crippen LogP contribution in [0.1, 0.15) is 19.4 Å². The first-order valence-electron chi connectivity index (χ1n) is 6.79. The van der Waals surface area contributed by atoms with Gasteiger partial charge in [-0.15, -0.1) is 0 Å². The third kappa shape index (κ3) is 3.09. The molecule has 1 heterocycles. The Labute approximate surface area is 124 Å². The number of anilines is 1. The van der Waals surface area contributed by atoms with Gasteiger partial charge in [-0.2, -0.15) is 0 Å². The summed E-state index contributed by atoms with van der Waals surface area (Å²) < 4.78 is 27.2. The van der Waals surface area contributed by atoms with Crippen molar-refractivity contribution in [2.24, 2.45) is 5.92 Å². The molecule has 0 aromatic heterocycles. The highest BCUT2D eigenvalue weighted by Crippen LogP contribution is 2.29. The quantitative estimate of drug-likeness (QED) is 0.829. The van der Waals surface area contributed by atoms with Crippen LogP contribution in [0.4, 0.5) is 5.69 Å². The summed E-state index contributed by atoms with van der Waals surface area (Å²) >= 11 is 0. The fourth-order valence-corrected chi connectivity index (χ4v) is 3.69. The summed E-state index contributed by atoms with van der Waals surface area (Å²) in [5.41, 5.74) is 1.44. The third-order valence-corrected chi connectivity index (χ3v) is 5.23. The number of aliphatic hydroxyl groups excluding tert-OH is 1. The average Bonchev–Trinajstić information content (AvgIpc) is 2.70. The zero-order chi connectivity index (χ0) is 15.8. The second-order valence-electron chi connectivity index (χ2n) is 5.57. The highest BCUT2D eigenvalue weighted by atomic mass is 32.2. The molecule has 0 aliphatic carbocycles. The molecule has 0 spiro atoms. The van der Waals surface area contributed by atoms with Gasteiger partial charge >= 0.3 is 0 Å². The molecule has 1 aromatic rings. The molecule has 2 rings (SSSR count). The van der Waals surface area contributed by atoms with Crippen LogP contribution in [0.25, 0.3) is 0 Å².